The predicted molar refractivity (Wildman–Crippen MR) is 70.9 cm³/mol. The molecule has 0 aliphatic carbocycles. The van der Waals surface area contributed by atoms with Gasteiger partial charge in [-0.1, -0.05) is 11.6 Å². The number of morpholine rings is 1. The molecule has 18 heavy (non-hydrogen) atoms. The van der Waals surface area contributed by atoms with Crippen LogP contribution in [0.2, 0.25) is 4.34 Å². The Balaban J connectivity index is 1.98. The minimum absolute atomic E-state index is 0.622. The quantitative estimate of drug-likeness (QED) is 0.741. The Labute approximate surface area is 115 Å². The third-order valence-corrected chi connectivity index (χ3v) is 4.38. The van der Waals surface area contributed by atoms with Crippen molar-refractivity contribution in [3.8, 4) is 6.19 Å². The van der Waals surface area contributed by atoms with Crippen LogP contribution in [0, 0.1) is 11.5 Å². The number of rotatable bonds is 1. The molecule has 0 radical (unpaired) electrons. The fourth-order valence-corrected chi connectivity index (χ4v) is 3.55. The van der Waals surface area contributed by atoms with Crippen LogP contribution in [-0.2, 0) is 11.3 Å². The van der Waals surface area contributed by atoms with Gasteiger partial charge in [-0.25, -0.2) is 0 Å². The van der Waals surface area contributed by atoms with Crippen LogP contribution in [0.4, 0.5) is 0 Å². The van der Waals surface area contributed by atoms with Gasteiger partial charge < -0.3 is 9.64 Å². The van der Waals surface area contributed by atoms with Crippen molar-refractivity contribution >= 4 is 28.6 Å². The molecule has 2 aliphatic heterocycles. The van der Waals surface area contributed by atoms with Gasteiger partial charge in [0.25, 0.3) is 0 Å². The molecule has 1 aromatic heterocycles. The summed E-state index contributed by atoms with van der Waals surface area (Å²) in [4.78, 5) is 5.07. The molecule has 1 aromatic rings. The summed E-state index contributed by atoms with van der Waals surface area (Å²) in [5.41, 5.74) is 2.25. The molecule has 4 nitrogen and oxygen atoms in total. The van der Waals surface area contributed by atoms with Crippen LogP contribution >= 0.6 is 22.9 Å². The first-order valence-electron chi connectivity index (χ1n) is 5.77. The summed E-state index contributed by atoms with van der Waals surface area (Å²) in [6.45, 7) is 3.81. The van der Waals surface area contributed by atoms with E-state index in [1.165, 1.54) is 5.56 Å². The van der Waals surface area contributed by atoms with Crippen molar-refractivity contribution < 1.29 is 4.74 Å². The monoisotopic (exact) mass is 281 g/mol. The van der Waals surface area contributed by atoms with Gasteiger partial charge in [-0.05, 0) is 6.07 Å². The molecule has 0 amide bonds. The number of nitriles is 1. The third kappa shape index (κ3) is 2.07. The van der Waals surface area contributed by atoms with Crippen LogP contribution in [0.15, 0.2) is 12.3 Å². The molecule has 3 rings (SSSR count). The molecule has 1 saturated heterocycles. The molecule has 3 heterocycles. The number of halogens is 1. The molecule has 6 heteroatoms. The Morgan fingerprint density at radius 2 is 2.17 bits per heavy atom. The number of ether oxygens (including phenoxy) is 1. The number of thiophene rings is 1. The molecular formula is C12H12ClN3OS. The van der Waals surface area contributed by atoms with Crippen molar-refractivity contribution in [2.24, 2.45) is 0 Å². The Morgan fingerprint density at radius 3 is 2.89 bits per heavy atom. The van der Waals surface area contributed by atoms with E-state index in [2.05, 4.69) is 11.1 Å². The normalized spacial score (nSPS) is 19.2. The fourth-order valence-electron chi connectivity index (χ4n) is 2.27. The van der Waals surface area contributed by atoms with Gasteiger partial charge in [-0.3, -0.25) is 4.90 Å². The summed E-state index contributed by atoms with van der Waals surface area (Å²) >= 11 is 7.64. The maximum Gasteiger partial charge on any atom is 0.184 e. The van der Waals surface area contributed by atoms with Crippen LogP contribution in [0.3, 0.4) is 0 Å². The minimum atomic E-state index is 0.622. The second kappa shape index (κ2) is 4.81. The first-order chi connectivity index (χ1) is 8.78. The van der Waals surface area contributed by atoms with Gasteiger partial charge in [0.15, 0.2) is 6.19 Å². The first-order valence-corrected chi connectivity index (χ1v) is 6.97. The van der Waals surface area contributed by atoms with Gasteiger partial charge in [0.1, 0.15) is 0 Å². The zero-order chi connectivity index (χ0) is 12.5. The highest BCUT2D eigenvalue weighted by atomic mass is 35.5. The molecule has 0 bridgehead atoms. The lowest BCUT2D eigenvalue weighted by atomic mass is 10.1. The van der Waals surface area contributed by atoms with Crippen LogP contribution in [0.1, 0.15) is 10.4 Å². The van der Waals surface area contributed by atoms with E-state index in [9.17, 15) is 0 Å². The average Bonchev–Trinajstić information content (AvgIpc) is 2.78. The number of nitrogens with zero attached hydrogens (tertiary/aromatic N) is 3. The van der Waals surface area contributed by atoms with Gasteiger partial charge in [0.2, 0.25) is 0 Å². The second-order valence-electron chi connectivity index (χ2n) is 4.23. The molecular weight excluding hydrogens is 270 g/mol. The first kappa shape index (κ1) is 11.8. The van der Waals surface area contributed by atoms with Crippen LogP contribution in [0.25, 0.3) is 5.70 Å². The molecule has 0 aromatic carbocycles. The smallest absolute Gasteiger partial charge is 0.184 e. The lowest BCUT2D eigenvalue weighted by Crippen LogP contribution is -2.36. The highest BCUT2D eigenvalue weighted by molar-refractivity contribution is 7.16. The predicted octanol–water partition coefficient (Wildman–Crippen LogP) is 2.33. The molecule has 2 aliphatic rings. The zero-order valence-electron chi connectivity index (χ0n) is 9.73. The van der Waals surface area contributed by atoms with E-state index in [0.29, 0.717) is 6.54 Å². The van der Waals surface area contributed by atoms with Crippen LogP contribution < -0.4 is 0 Å². The molecule has 0 atom stereocenters. The standard InChI is InChI=1S/C12H12ClN3OS/c13-12-5-9-10(16-1-3-17-4-2-16)6-15(8-14)7-11(9)18-12/h5-6H,1-4,7H2. The molecule has 0 spiro atoms. The summed E-state index contributed by atoms with van der Waals surface area (Å²) in [6, 6.07) is 2.00. The average molecular weight is 282 g/mol. The topological polar surface area (TPSA) is 39.5 Å². The molecule has 0 saturated carbocycles. The molecule has 94 valence electrons. The van der Waals surface area contributed by atoms with Gasteiger partial charge in [-0.2, -0.15) is 5.26 Å². The minimum Gasteiger partial charge on any atom is -0.378 e. The summed E-state index contributed by atoms with van der Waals surface area (Å²) < 4.78 is 6.14. The lowest BCUT2D eigenvalue weighted by molar-refractivity contribution is 0.0634. The van der Waals surface area contributed by atoms with E-state index in [4.69, 9.17) is 21.6 Å². The maximum absolute atomic E-state index is 9.10. The largest absolute Gasteiger partial charge is 0.378 e. The van der Waals surface area contributed by atoms with E-state index >= 15 is 0 Å². The van der Waals surface area contributed by atoms with Gasteiger partial charge in [0, 0.05) is 29.7 Å². The summed E-state index contributed by atoms with van der Waals surface area (Å²) in [5.74, 6) is 0. The van der Waals surface area contributed by atoms with Crippen molar-refractivity contribution in [2.75, 3.05) is 26.3 Å². The van der Waals surface area contributed by atoms with E-state index in [1.807, 2.05) is 12.3 Å². The highest BCUT2D eigenvalue weighted by Gasteiger charge is 2.25. The van der Waals surface area contributed by atoms with Crippen LogP contribution in [0.5, 0.6) is 0 Å². The third-order valence-electron chi connectivity index (χ3n) is 3.13. The molecule has 1 fully saturated rings. The number of hydrogen-bond donors (Lipinski definition) is 0. The lowest BCUT2D eigenvalue weighted by Gasteiger charge is -2.33. The molecule has 0 unspecified atom stereocenters. The fraction of sp³-hybridized carbons (Fsp3) is 0.417. The highest BCUT2D eigenvalue weighted by Crippen LogP contribution is 2.37. The van der Waals surface area contributed by atoms with Gasteiger partial charge in [-0.15, -0.1) is 11.3 Å². The summed E-state index contributed by atoms with van der Waals surface area (Å²) in [5, 5.41) is 9.10. The Bertz CT molecular complexity index is 528. The summed E-state index contributed by atoms with van der Waals surface area (Å²) in [6.07, 6.45) is 4.10. The Hall–Kier alpha value is -1.22. The molecule has 0 N–H and O–H groups in total. The van der Waals surface area contributed by atoms with Crippen molar-refractivity contribution in [1.29, 1.82) is 5.26 Å². The second-order valence-corrected chi connectivity index (χ2v) is 6.00. The van der Waals surface area contributed by atoms with Crippen LogP contribution in [-0.4, -0.2) is 36.1 Å². The van der Waals surface area contributed by atoms with Crippen molar-refractivity contribution in [3.63, 3.8) is 0 Å². The summed E-state index contributed by atoms with van der Waals surface area (Å²) in [7, 11) is 0. The van der Waals surface area contributed by atoms with Crippen molar-refractivity contribution in [1.82, 2.24) is 9.80 Å². The van der Waals surface area contributed by atoms with Gasteiger partial charge >= 0.3 is 0 Å². The number of hydrogen-bond acceptors (Lipinski definition) is 5. The van der Waals surface area contributed by atoms with E-state index in [-0.39, 0.29) is 0 Å². The Morgan fingerprint density at radius 1 is 1.39 bits per heavy atom. The Kier molecular flexibility index (Phi) is 3.16. The SMILES string of the molecule is N#CN1C=C(N2CCOCC2)c2cc(Cl)sc2C1. The van der Waals surface area contributed by atoms with E-state index in [0.717, 1.165) is 41.2 Å². The van der Waals surface area contributed by atoms with Gasteiger partial charge in [0.05, 0.1) is 29.8 Å². The van der Waals surface area contributed by atoms with E-state index < -0.39 is 0 Å². The van der Waals surface area contributed by atoms with E-state index in [1.54, 1.807) is 16.2 Å². The zero-order valence-corrected chi connectivity index (χ0v) is 11.3. The van der Waals surface area contributed by atoms with Crippen molar-refractivity contribution in [2.45, 2.75) is 6.54 Å². The van der Waals surface area contributed by atoms with Crippen molar-refractivity contribution in [3.05, 3.63) is 27.0 Å². The number of fused-ring (bicyclic) bond motifs is 1. The maximum atomic E-state index is 9.10.